The standard InChI is InChI=1S/C11H13NO/c1-3-10(11(13)12-2)9-7-5-4-6-8-9/h3-8H,1-2H3,(H,12,13)/b10-3-. The van der Waals surface area contributed by atoms with Gasteiger partial charge in [0.05, 0.1) is 0 Å². The molecule has 0 spiro atoms. The zero-order valence-corrected chi connectivity index (χ0v) is 7.87. The van der Waals surface area contributed by atoms with Gasteiger partial charge in [0.15, 0.2) is 0 Å². The van der Waals surface area contributed by atoms with E-state index in [-0.39, 0.29) is 5.91 Å². The Morgan fingerprint density at radius 1 is 1.31 bits per heavy atom. The van der Waals surface area contributed by atoms with Gasteiger partial charge in [0.25, 0.3) is 5.91 Å². The summed E-state index contributed by atoms with van der Waals surface area (Å²) in [6.07, 6.45) is 1.81. The molecule has 2 nitrogen and oxygen atoms in total. The molecule has 0 aromatic heterocycles. The Hall–Kier alpha value is -1.57. The number of hydrogen-bond acceptors (Lipinski definition) is 1. The average molecular weight is 175 g/mol. The van der Waals surface area contributed by atoms with Crippen molar-refractivity contribution in [1.82, 2.24) is 5.32 Å². The second-order valence-corrected chi connectivity index (χ2v) is 2.65. The van der Waals surface area contributed by atoms with Crippen LogP contribution in [0.25, 0.3) is 5.57 Å². The highest BCUT2D eigenvalue weighted by Crippen LogP contribution is 2.13. The summed E-state index contributed by atoms with van der Waals surface area (Å²) in [5, 5.41) is 2.61. The van der Waals surface area contributed by atoms with Gasteiger partial charge in [0.1, 0.15) is 0 Å². The fourth-order valence-corrected chi connectivity index (χ4v) is 1.18. The second-order valence-electron chi connectivity index (χ2n) is 2.65. The zero-order chi connectivity index (χ0) is 9.68. The summed E-state index contributed by atoms with van der Waals surface area (Å²) >= 11 is 0. The minimum absolute atomic E-state index is 0.0475. The Morgan fingerprint density at radius 2 is 1.92 bits per heavy atom. The van der Waals surface area contributed by atoms with E-state index in [0.29, 0.717) is 5.57 Å². The molecule has 0 heterocycles. The summed E-state index contributed by atoms with van der Waals surface area (Å²) in [6, 6.07) is 9.61. The van der Waals surface area contributed by atoms with E-state index in [0.717, 1.165) is 5.56 Å². The molecule has 1 rings (SSSR count). The van der Waals surface area contributed by atoms with Gasteiger partial charge >= 0.3 is 0 Å². The highest BCUT2D eigenvalue weighted by molar-refractivity contribution is 6.19. The largest absolute Gasteiger partial charge is 0.355 e. The van der Waals surface area contributed by atoms with Crippen molar-refractivity contribution in [2.45, 2.75) is 6.92 Å². The Labute approximate surface area is 78.3 Å². The minimum atomic E-state index is -0.0475. The highest BCUT2D eigenvalue weighted by atomic mass is 16.1. The Bertz CT molecular complexity index is 314. The average Bonchev–Trinajstić information content (AvgIpc) is 2.20. The number of allylic oxidation sites excluding steroid dienone is 1. The first-order chi connectivity index (χ1) is 6.29. The van der Waals surface area contributed by atoms with E-state index in [1.54, 1.807) is 7.05 Å². The molecule has 1 aromatic rings. The molecule has 1 N–H and O–H groups in total. The topological polar surface area (TPSA) is 29.1 Å². The van der Waals surface area contributed by atoms with Crippen LogP contribution in [0.15, 0.2) is 36.4 Å². The fourth-order valence-electron chi connectivity index (χ4n) is 1.18. The number of rotatable bonds is 2. The molecule has 1 aromatic carbocycles. The van der Waals surface area contributed by atoms with Crippen LogP contribution in [0.1, 0.15) is 12.5 Å². The first-order valence-corrected chi connectivity index (χ1v) is 4.23. The molecular weight excluding hydrogens is 162 g/mol. The molecule has 0 fully saturated rings. The van der Waals surface area contributed by atoms with E-state index in [2.05, 4.69) is 5.32 Å². The monoisotopic (exact) mass is 175 g/mol. The number of nitrogens with one attached hydrogen (secondary N) is 1. The zero-order valence-electron chi connectivity index (χ0n) is 7.87. The molecule has 0 saturated heterocycles. The number of carbonyl (C=O) groups excluding carboxylic acids is 1. The molecule has 0 atom stereocenters. The van der Waals surface area contributed by atoms with Crippen LogP contribution >= 0.6 is 0 Å². The van der Waals surface area contributed by atoms with Crippen molar-refractivity contribution in [3.63, 3.8) is 0 Å². The van der Waals surface area contributed by atoms with Crippen molar-refractivity contribution in [3.8, 4) is 0 Å². The molecule has 0 radical (unpaired) electrons. The van der Waals surface area contributed by atoms with Gasteiger partial charge in [-0.3, -0.25) is 4.79 Å². The predicted octanol–water partition coefficient (Wildman–Crippen LogP) is 1.84. The van der Waals surface area contributed by atoms with E-state index in [1.165, 1.54) is 0 Å². The maximum atomic E-state index is 11.4. The van der Waals surface area contributed by atoms with Crippen molar-refractivity contribution in [1.29, 1.82) is 0 Å². The summed E-state index contributed by atoms with van der Waals surface area (Å²) in [5.41, 5.74) is 1.66. The molecule has 0 aliphatic rings. The van der Waals surface area contributed by atoms with Gasteiger partial charge < -0.3 is 5.32 Å². The molecule has 0 aliphatic carbocycles. The van der Waals surface area contributed by atoms with E-state index < -0.39 is 0 Å². The first kappa shape index (κ1) is 9.52. The Morgan fingerprint density at radius 3 is 2.38 bits per heavy atom. The fraction of sp³-hybridized carbons (Fsp3) is 0.182. The molecule has 0 aliphatic heterocycles. The van der Waals surface area contributed by atoms with E-state index >= 15 is 0 Å². The lowest BCUT2D eigenvalue weighted by Crippen LogP contribution is -2.18. The molecule has 13 heavy (non-hydrogen) atoms. The number of amides is 1. The molecule has 0 saturated carbocycles. The van der Waals surface area contributed by atoms with Gasteiger partial charge in [0.2, 0.25) is 0 Å². The van der Waals surface area contributed by atoms with Gasteiger partial charge in [-0.1, -0.05) is 36.4 Å². The van der Waals surface area contributed by atoms with Crippen molar-refractivity contribution in [2.75, 3.05) is 7.05 Å². The third kappa shape index (κ3) is 2.18. The minimum Gasteiger partial charge on any atom is -0.355 e. The van der Waals surface area contributed by atoms with Crippen LogP contribution in [0.4, 0.5) is 0 Å². The number of carbonyl (C=O) groups is 1. The maximum absolute atomic E-state index is 11.4. The van der Waals surface area contributed by atoms with E-state index in [1.807, 2.05) is 43.3 Å². The lowest BCUT2D eigenvalue weighted by Gasteiger charge is -2.04. The molecule has 0 unspecified atom stereocenters. The van der Waals surface area contributed by atoms with Crippen molar-refractivity contribution in [3.05, 3.63) is 42.0 Å². The first-order valence-electron chi connectivity index (χ1n) is 4.23. The van der Waals surface area contributed by atoms with Gasteiger partial charge in [0, 0.05) is 12.6 Å². The van der Waals surface area contributed by atoms with Crippen LogP contribution in [0.2, 0.25) is 0 Å². The SMILES string of the molecule is C/C=C(\C(=O)NC)c1ccccc1. The second kappa shape index (κ2) is 4.45. The summed E-state index contributed by atoms with van der Waals surface area (Å²) in [4.78, 5) is 11.4. The molecule has 1 amide bonds. The number of benzene rings is 1. The lowest BCUT2D eigenvalue weighted by atomic mass is 10.1. The third-order valence-corrected chi connectivity index (χ3v) is 1.85. The molecule has 68 valence electrons. The molecule has 0 bridgehead atoms. The quantitative estimate of drug-likeness (QED) is 0.683. The van der Waals surface area contributed by atoms with Crippen molar-refractivity contribution >= 4 is 11.5 Å². The van der Waals surface area contributed by atoms with Crippen LogP contribution in [-0.4, -0.2) is 13.0 Å². The summed E-state index contributed by atoms with van der Waals surface area (Å²) < 4.78 is 0. The summed E-state index contributed by atoms with van der Waals surface area (Å²) in [6.45, 7) is 1.86. The Balaban J connectivity index is 3.00. The van der Waals surface area contributed by atoms with Gasteiger partial charge in [-0.15, -0.1) is 0 Å². The molecule has 2 heteroatoms. The maximum Gasteiger partial charge on any atom is 0.251 e. The van der Waals surface area contributed by atoms with Gasteiger partial charge in [-0.2, -0.15) is 0 Å². The van der Waals surface area contributed by atoms with Crippen LogP contribution in [0, 0.1) is 0 Å². The molecular formula is C11H13NO. The Kier molecular flexibility index (Phi) is 3.26. The smallest absolute Gasteiger partial charge is 0.251 e. The van der Waals surface area contributed by atoms with E-state index in [4.69, 9.17) is 0 Å². The van der Waals surface area contributed by atoms with Crippen LogP contribution in [0.3, 0.4) is 0 Å². The van der Waals surface area contributed by atoms with Crippen LogP contribution in [-0.2, 0) is 4.79 Å². The summed E-state index contributed by atoms with van der Waals surface area (Å²) in [7, 11) is 1.63. The van der Waals surface area contributed by atoms with E-state index in [9.17, 15) is 4.79 Å². The number of likely N-dealkylation sites (N-methyl/N-ethyl adjacent to an activating group) is 1. The normalized spacial score (nSPS) is 11.1. The number of hydrogen-bond donors (Lipinski definition) is 1. The predicted molar refractivity (Wildman–Crippen MR) is 54.2 cm³/mol. The summed E-state index contributed by atoms with van der Waals surface area (Å²) in [5.74, 6) is -0.0475. The van der Waals surface area contributed by atoms with Crippen LogP contribution in [0.5, 0.6) is 0 Å². The van der Waals surface area contributed by atoms with Crippen molar-refractivity contribution < 1.29 is 4.79 Å². The van der Waals surface area contributed by atoms with Crippen LogP contribution < -0.4 is 5.32 Å². The van der Waals surface area contributed by atoms with Gasteiger partial charge in [-0.25, -0.2) is 0 Å². The lowest BCUT2D eigenvalue weighted by molar-refractivity contribution is -0.115. The third-order valence-electron chi connectivity index (χ3n) is 1.85. The van der Waals surface area contributed by atoms with Gasteiger partial charge in [-0.05, 0) is 12.5 Å². The van der Waals surface area contributed by atoms with Crippen molar-refractivity contribution in [2.24, 2.45) is 0 Å². The highest BCUT2D eigenvalue weighted by Gasteiger charge is 2.07.